The lowest BCUT2D eigenvalue weighted by Crippen LogP contribution is -2.06. The number of aromatic nitrogens is 1. The average molecular weight is 392 g/mol. The Bertz CT molecular complexity index is 1040. The molecule has 1 aromatic heterocycles. The molecule has 3 aromatic rings. The summed E-state index contributed by atoms with van der Waals surface area (Å²) in [4.78, 5) is 20.7. The number of ether oxygens (including phenoxy) is 3. The standard InChI is InChI=1S/C21H16N2O4S/c1-25-19-5-3-2-4-17(19)20-23-18(21(24)27-20)10-14-6-8-16(9-7-14)26-11-15-12-28-13-22-15/h2-10,12-13H,11H2,1H3. The van der Waals surface area contributed by atoms with Crippen LogP contribution in [0.3, 0.4) is 0 Å². The number of carbonyl (C=O) groups is 1. The van der Waals surface area contributed by atoms with E-state index in [2.05, 4.69) is 9.98 Å². The zero-order valence-electron chi connectivity index (χ0n) is 15.0. The van der Waals surface area contributed by atoms with Crippen LogP contribution in [0.2, 0.25) is 0 Å². The lowest BCUT2D eigenvalue weighted by atomic mass is 10.2. The van der Waals surface area contributed by atoms with Gasteiger partial charge in [-0.25, -0.2) is 14.8 Å². The van der Waals surface area contributed by atoms with Gasteiger partial charge in [-0.05, 0) is 35.9 Å². The Kier molecular flexibility index (Phi) is 5.16. The van der Waals surface area contributed by atoms with E-state index in [-0.39, 0.29) is 11.6 Å². The molecule has 140 valence electrons. The minimum Gasteiger partial charge on any atom is -0.496 e. The number of hydrogen-bond donors (Lipinski definition) is 0. The fraction of sp³-hybridized carbons (Fsp3) is 0.0952. The molecule has 0 unspecified atom stereocenters. The van der Waals surface area contributed by atoms with Crippen molar-refractivity contribution in [1.29, 1.82) is 0 Å². The Morgan fingerprint density at radius 2 is 1.96 bits per heavy atom. The van der Waals surface area contributed by atoms with Gasteiger partial charge in [-0.2, -0.15) is 0 Å². The van der Waals surface area contributed by atoms with Crippen molar-refractivity contribution in [2.45, 2.75) is 6.61 Å². The van der Waals surface area contributed by atoms with Crippen molar-refractivity contribution in [3.8, 4) is 11.5 Å². The Morgan fingerprint density at radius 1 is 1.14 bits per heavy atom. The van der Waals surface area contributed by atoms with Crippen LogP contribution in [0, 0.1) is 0 Å². The maximum absolute atomic E-state index is 12.2. The second-order valence-electron chi connectivity index (χ2n) is 5.87. The smallest absolute Gasteiger partial charge is 0.363 e. The van der Waals surface area contributed by atoms with Crippen molar-refractivity contribution >= 4 is 29.3 Å². The summed E-state index contributed by atoms with van der Waals surface area (Å²) in [7, 11) is 1.56. The van der Waals surface area contributed by atoms with Crippen LogP contribution in [0.15, 0.2) is 70.1 Å². The molecule has 0 bridgehead atoms. The fourth-order valence-corrected chi connectivity index (χ4v) is 3.17. The van der Waals surface area contributed by atoms with Crippen molar-refractivity contribution in [2.24, 2.45) is 4.99 Å². The third-order valence-corrected chi connectivity index (χ3v) is 4.65. The van der Waals surface area contributed by atoms with Crippen molar-refractivity contribution in [1.82, 2.24) is 4.98 Å². The number of aliphatic imine (C=N–C) groups is 1. The third-order valence-electron chi connectivity index (χ3n) is 4.01. The van der Waals surface area contributed by atoms with Gasteiger partial charge in [0, 0.05) is 5.38 Å². The molecule has 0 aliphatic carbocycles. The molecule has 4 rings (SSSR count). The van der Waals surface area contributed by atoms with Gasteiger partial charge in [0.25, 0.3) is 0 Å². The highest BCUT2D eigenvalue weighted by Gasteiger charge is 2.26. The molecule has 0 fully saturated rings. The Balaban J connectivity index is 1.50. The first-order valence-electron chi connectivity index (χ1n) is 8.49. The molecule has 0 atom stereocenters. The van der Waals surface area contributed by atoms with Crippen LogP contribution in [-0.4, -0.2) is 24.0 Å². The molecular weight excluding hydrogens is 376 g/mol. The minimum atomic E-state index is -0.496. The van der Waals surface area contributed by atoms with Crippen LogP contribution in [-0.2, 0) is 16.1 Å². The molecule has 0 saturated carbocycles. The van der Waals surface area contributed by atoms with E-state index in [4.69, 9.17) is 14.2 Å². The summed E-state index contributed by atoms with van der Waals surface area (Å²) >= 11 is 1.53. The first-order chi connectivity index (χ1) is 13.7. The Morgan fingerprint density at radius 3 is 2.71 bits per heavy atom. The normalized spacial score (nSPS) is 14.7. The highest BCUT2D eigenvalue weighted by molar-refractivity contribution is 7.07. The van der Waals surface area contributed by atoms with Gasteiger partial charge in [0.05, 0.1) is 23.9 Å². The number of rotatable bonds is 6. The first kappa shape index (κ1) is 17.9. The van der Waals surface area contributed by atoms with Crippen LogP contribution < -0.4 is 9.47 Å². The predicted molar refractivity (Wildman–Crippen MR) is 106 cm³/mol. The molecule has 1 aliphatic heterocycles. The number of nitrogens with zero attached hydrogens (tertiary/aromatic N) is 2. The van der Waals surface area contributed by atoms with Gasteiger partial charge in [-0.15, -0.1) is 11.3 Å². The number of carbonyl (C=O) groups excluding carboxylic acids is 1. The van der Waals surface area contributed by atoms with Gasteiger partial charge < -0.3 is 14.2 Å². The van der Waals surface area contributed by atoms with Crippen LogP contribution in [0.4, 0.5) is 0 Å². The maximum Gasteiger partial charge on any atom is 0.363 e. The summed E-state index contributed by atoms with van der Waals surface area (Å²) in [6, 6.07) is 14.6. The molecule has 0 N–H and O–H groups in total. The molecule has 2 heterocycles. The number of esters is 1. The van der Waals surface area contributed by atoms with E-state index in [1.807, 2.05) is 41.8 Å². The molecule has 1 aliphatic rings. The molecule has 2 aromatic carbocycles. The molecule has 0 spiro atoms. The summed E-state index contributed by atoms with van der Waals surface area (Å²) in [6.45, 7) is 0.419. The largest absolute Gasteiger partial charge is 0.496 e. The second-order valence-corrected chi connectivity index (χ2v) is 6.59. The predicted octanol–water partition coefficient (Wildman–Crippen LogP) is 4.08. The molecule has 28 heavy (non-hydrogen) atoms. The lowest BCUT2D eigenvalue weighted by Gasteiger charge is -2.05. The lowest BCUT2D eigenvalue weighted by molar-refractivity contribution is -0.129. The number of para-hydroxylation sites is 1. The van der Waals surface area contributed by atoms with Gasteiger partial charge in [-0.3, -0.25) is 0 Å². The second kappa shape index (κ2) is 8.06. The minimum absolute atomic E-state index is 0.233. The zero-order valence-corrected chi connectivity index (χ0v) is 15.8. The highest BCUT2D eigenvalue weighted by Crippen LogP contribution is 2.25. The average Bonchev–Trinajstić information content (AvgIpc) is 3.37. The SMILES string of the molecule is COc1ccccc1C1=NC(=Cc2ccc(OCc3cscn3)cc2)C(=O)O1. The molecule has 7 heteroatoms. The van der Waals surface area contributed by atoms with E-state index < -0.39 is 5.97 Å². The van der Waals surface area contributed by atoms with Gasteiger partial charge >= 0.3 is 5.97 Å². The Hall–Kier alpha value is -3.45. The molecule has 0 amide bonds. The molecule has 0 saturated heterocycles. The molecular formula is C21H16N2O4S. The van der Waals surface area contributed by atoms with Crippen molar-refractivity contribution < 1.29 is 19.0 Å². The van der Waals surface area contributed by atoms with Crippen LogP contribution in [0.25, 0.3) is 6.08 Å². The van der Waals surface area contributed by atoms with Crippen LogP contribution in [0.1, 0.15) is 16.8 Å². The number of methoxy groups -OCH3 is 1. The van der Waals surface area contributed by atoms with Crippen molar-refractivity contribution in [3.63, 3.8) is 0 Å². The summed E-state index contributed by atoms with van der Waals surface area (Å²) in [5, 5.41) is 1.95. The number of thiazole rings is 1. The Labute approximate surface area is 165 Å². The monoisotopic (exact) mass is 392 g/mol. The number of cyclic esters (lactones) is 1. The van der Waals surface area contributed by atoms with Crippen LogP contribution in [0.5, 0.6) is 11.5 Å². The summed E-state index contributed by atoms with van der Waals surface area (Å²) in [6.07, 6.45) is 1.68. The molecule has 0 radical (unpaired) electrons. The van der Waals surface area contributed by atoms with E-state index in [0.717, 1.165) is 17.0 Å². The highest BCUT2D eigenvalue weighted by atomic mass is 32.1. The van der Waals surface area contributed by atoms with E-state index in [0.29, 0.717) is 17.9 Å². The zero-order chi connectivity index (χ0) is 19.3. The quantitative estimate of drug-likeness (QED) is 0.467. The van der Waals surface area contributed by atoms with Crippen molar-refractivity contribution in [3.05, 3.63) is 81.9 Å². The molecule has 6 nitrogen and oxygen atoms in total. The van der Waals surface area contributed by atoms with E-state index in [1.165, 1.54) is 11.3 Å². The summed E-state index contributed by atoms with van der Waals surface area (Å²) < 4.78 is 16.3. The van der Waals surface area contributed by atoms with Gasteiger partial charge in [0.1, 0.15) is 18.1 Å². The summed E-state index contributed by atoms with van der Waals surface area (Å²) in [5.41, 5.74) is 4.35. The van der Waals surface area contributed by atoms with E-state index in [1.54, 1.807) is 30.8 Å². The first-order valence-corrected chi connectivity index (χ1v) is 9.43. The third kappa shape index (κ3) is 3.94. The van der Waals surface area contributed by atoms with Crippen LogP contribution >= 0.6 is 11.3 Å². The number of hydrogen-bond acceptors (Lipinski definition) is 7. The summed E-state index contributed by atoms with van der Waals surface area (Å²) in [5.74, 6) is 1.06. The fourth-order valence-electron chi connectivity index (χ4n) is 2.63. The van der Waals surface area contributed by atoms with Gasteiger partial charge in [0.2, 0.25) is 5.90 Å². The van der Waals surface area contributed by atoms with E-state index >= 15 is 0 Å². The van der Waals surface area contributed by atoms with Crippen molar-refractivity contribution in [2.75, 3.05) is 7.11 Å². The van der Waals surface area contributed by atoms with E-state index in [9.17, 15) is 4.79 Å². The van der Waals surface area contributed by atoms with Gasteiger partial charge in [-0.1, -0.05) is 24.3 Å². The van der Waals surface area contributed by atoms with Gasteiger partial charge in [0.15, 0.2) is 5.70 Å². The topological polar surface area (TPSA) is 70.0 Å². The maximum atomic E-state index is 12.2. The number of benzene rings is 2.